The number of primary sulfonamides is 1. The highest BCUT2D eigenvalue weighted by atomic mass is 32.2. The third-order valence-corrected chi connectivity index (χ3v) is 3.26. The zero-order valence-electron chi connectivity index (χ0n) is 8.21. The summed E-state index contributed by atoms with van der Waals surface area (Å²) in [4.78, 5) is 10.9. The van der Waals surface area contributed by atoms with Gasteiger partial charge in [0.05, 0.1) is 4.90 Å². The van der Waals surface area contributed by atoms with Gasteiger partial charge in [-0.25, -0.2) is 13.6 Å². The second-order valence-corrected chi connectivity index (χ2v) is 5.09. The minimum Gasteiger partial charge on any atom is -0.480 e. The minimum absolute atomic E-state index is 0.0000274. The smallest absolute Gasteiger partial charge is 0.258 e. The van der Waals surface area contributed by atoms with Crippen molar-refractivity contribution in [2.24, 2.45) is 10.9 Å². The van der Waals surface area contributed by atoms with Gasteiger partial charge in [-0.15, -0.1) is 0 Å². The van der Waals surface area contributed by atoms with Gasteiger partial charge >= 0.3 is 0 Å². The maximum Gasteiger partial charge on any atom is 0.258 e. The molecule has 4 N–H and O–H groups in total. The molecular formula is C9H10N2O4S. The summed E-state index contributed by atoms with van der Waals surface area (Å²) in [5.41, 5.74) is 5.71. The van der Waals surface area contributed by atoms with Crippen molar-refractivity contribution in [2.45, 2.75) is 17.4 Å². The number of carbonyl (C=O) groups excluding carboxylic acids is 1. The molecule has 1 aromatic carbocycles. The van der Waals surface area contributed by atoms with Crippen molar-refractivity contribution in [3.8, 4) is 5.75 Å². The first-order valence-electron chi connectivity index (χ1n) is 4.49. The van der Waals surface area contributed by atoms with Crippen molar-refractivity contribution in [2.75, 3.05) is 0 Å². The van der Waals surface area contributed by atoms with Crippen LogP contribution in [0.1, 0.15) is 5.56 Å². The molecule has 0 spiro atoms. The number of amides is 1. The molecule has 1 aliphatic rings. The average molecular weight is 242 g/mol. The highest BCUT2D eigenvalue weighted by Crippen LogP contribution is 2.30. The van der Waals surface area contributed by atoms with Crippen LogP contribution in [-0.4, -0.2) is 20.4 Å². The summed E-state index contributed by atoms with van der Waals surface area (Å²) in [6, 6.07) is 4.20. The highest BCUT2D eigenvalue weighted by Gasteiger charge is 2.28. The molecule has 0 aromatic heterocycles. The Morgan fingerprint density at radius 2 is 2.12 bits per heavy atom. The number of carbonyl (C=O) groups is 1. The van der Waals surface area contributed by atoms with Gasteiger partial charge in [0.2, 0.25) is 10.0 Å². The van der Waals surface area contributed by atoms with Crippen LogP contribution in [-0.2, 0) is 21.2 Å². The van der Waals surface area contributed by atoms with Crippen molar-refractivity contribution in [3.63, 3.8) is 0 Å². The Labute approximate surface area is 92.2 Å². The monoisotopic (exact) mass is 242 g/mol. The van der Waals surface area contributed by atoms with Crippen molar-refractivity contribution in [1.82, 2.24) is 0 Å². The molecule has 1 aliphatic heterocycles. The van der Waals surface area contributed by atoms with E-state index in [1.165, 1.54) is 18.2 Å². The third-order valence-electron chi connectivity index (χ3n) is 2.35. The number of rotatable bonds is 2. The molecule has 0 bridgehead atoms. The van der Waals surface area contributed by atoms with Crippen LogP contribution in [0, 0.1) is 0 Å². The van der Waals surface area contributed by atoms with E-state index in [1.807, 2.05) is 0 Å². The van der Waals surface area contributed by atoms with Gasteiger partial charge in [-0.2, -0.15) is 0 Å². The third kappa shape index (κ3) is 1.86. The fourth-order valence-electron chi connectivity index (χ4n) is 1.56. The summed E-state index contributed by atoms with van der Waals surface area (Å²) in [5, 5.41) is 4.99. The number of nitrogens with two attached hydrogens (primary N) is 2. The number of ether oxygens (including phenoxy) is 1. The van der Waals surface area contributed by atoms with Gasteiger partial charge in [0.1, 0.15) is 5.75 Å². The van der Waals surface area contributed by atoms with Crippen molar-refractivity contribution in [3.05, 3.63) is 23.8 Å². The molecule has 16 heavy (non-hydrogen) atoms. The lowest BCUT2D eigenvalue weighted by atomic mass is 10.1. The van der Waals surface area contributed by atoms with Gasteiger partial charge in [-0.3, -0.25) is 4.79 Å². The van der Waals surface area contributed by atoms with E-state index in [0.717, 1.165) is 0 Å². The Bertz CT molecular complexity index is 553. The van der Waals surface area contributed by atoms with E-state index < -0.39 is 22.0 Å². The van der Waals surface area contributed by atoms with Crippen LogP contribution in [0.3, 0.4) is 0 Å². The topological polar surface area (TPSA) is 112 Å². The fourth-order valence-corrected chi connectivity index (χ4v) is 2.12. The Hall–Kier alpha value is -1.60. The van der Waals surface area contributed by atoms with Crippen LogP contribution in [0.25, 0.3) is 0 Å². The molecule has 0 radical (unpaired) electrons. The SMILES string of the molecule is NC(=O)C1Cc2cc(S(N)(=O)=O)ccc2O1. The number of hydrogen-bond acceptors (Lipinski definition) is 4. The Balaban J connectivity index is 2.39. The Morgan fingerprint density at radius 1 is 1.44 bits per heavy atom. The number of fused-ring (bicyclic) bond motifs is 1. The predicted molar refractivity (Wildman–Crippen MR) is 55.1 cm³/mol. The van der Waals surface area contributed by atoms with E-state index >= 15 is 0 Å². The molecule has 1 unspecified atom stereocenters. The van der Waals surface area contributed by atoms with Crippen LogP contribution in [0.2, 0.25) is 0 Å². The average Bonchev–Trinajstić information content (AvgIpc) is 2.58. The van der Waals surface area contributed by atoms with E-state index in [4.69, 9.17) is 15.6 Å². The van der Waals surface area contributed by atoms with Crippen LogP contribution < -0.4 is 15.6 Å². The van der Waals surface area contributed by atoms with Crippen molar-refractivity contribution < 1.29 is 17.9 Å². The molecule has 7 heteroatoms. The molecule has 1 atom stereocenters. The van der Waals surface area contributed by atoms with Gasteiger partial charge in [-0.05, 0) is 23.8 Å². The van der Waals surface area contributed by atoms with Crippen LogP contribution in [0.5, 0.6) is 5.75 Å². The summed E-state index contributed by atoms with van der Waals surface area (Å²) in [6.07, 6.45) is -0.459. The molecule has 0 fully saturated rings. The second-order valence-electron chi connectivity index (χ2n) is 3.53. The number of sulfonamides is 1. The van der Waals surface area contributed by atoms with Gasteiger partial charge in [0.15, 0.2) is 6.10 Å². The van der Waals surface area contributed by atoms with E-state index in [9.17, 15) is 13.2 Å². The summed E-state index contributed by atoms with van der Waals surface area (Å²) in [6.45, 7) is 0. The van der Waals surface area contributed by atoms with E-state index in [0.29, 0.717) is 11.3 Å². The molecule has 86 valence electrons. The number of primary amides is 1. The van der Waals surface area contributed by atoms with Crippen LogP contribution in [0.15, 0.2) is 23.1 Å². The molecule has 0 saturated heterocycles. The van der Waals surface area contributed by atoms with Crippen molar-refractivity contribution >= 4 is 15.9 Å². The molecule has 0 aliphatic carbocycles. The van der Waals surface area contributed by atoms with Crippen molar-refractivity contribution in [1.29, 1.82) is 0 Å². The highest BCUT2D eigenvalue weighted by molar-refractivity contribution is 7.89. The molecule has 6 nitrogen and oxygen atoms in total. The summed E-state index contributed by atoms with van der Waals surface area (Å²) < 4.78 is 27.4. The molecule has 1 amide bonds. The van der Waals surface area contributed by atoms with E-state index in [1.54, 1.807) is 0 Å². The predicted octanol–water partition coefficient (Wildman–Crippen LogP) is -0.877. The molecule has 1 aromatic rings. The van der Waals surface area contributed by atoms with E-state index in [2.05, 4.69) is 0 Å². The maximum absolute atomic E-state index is 11.1. The molecule has 2 rings (SSSR count). The zero-order valence-corrected chi connectivity index (χ0v) is 9.03. The summed E-state index contributed by atoms with van der Waals surface area (Å²) >= 11 is 0. The molecular weight excluding hydrogens is 232 g/mol. The van der Waals surface area contributed by atoms with Gasteiger partial charge in [0.25, 0.3) is 5.91 Å². The zero-order chi connectivity index (χ0) is 11.9. The molecule has 0 saturated carbocycles. The van der Waals surface area contributed by atoms with E-state index in [-0.39, 0.29) is 11.3 Å². The number of benzene rings is 1. The van der Waals surface area contributed by atoms with Gasteiger partial charge in [0, 0.05) is 6.42 Å². The second kappa shape index (κ2) is 3.46. The van der Waals surface area contributed by atoms with Crippen LogP contribution in [0.4, 0.5) is 0 Å². The first kappa shape index (κ1) is 10.9. The molecule has 1 heterocycles. The van der Waals surface area contributed by atoms with Crippen LogP contribution >= 0.6 is 0 Å². The fraction of sp³-hybridized carbons (Fsp3) is 0.222. The largest absolute Gasteiger partial charge is 0.480 e. The summed E-state index contributed by atoms with van der Waals surface area (Å²) in [7, 11) is -3.73. The van der Waals surface area contributed by atoms with Gasteiger partial charge in [-0.1, -0.05) is 0 Å². The first-order chi connectivity index (χ1) is 7.38. The standard InChI is InChI=1S/C9H10N2O4S/c10-9(12)8-4-5-3-6(16(11,13)14)1-2-7(5)15-8/h1-3,8H,4H2,(H2,10,12)(H2,11,13,14). The minimum atomic E-state index is -3.73. The first-order valence-corrected chi connectivity index (χ1v) is 6.04. The van der Waals surface area contributed by atoms with Gasteiger partial charge < -0.3 is 10.5 Å². The Kier molecular flexibility index (Phi) is 2.36. The summed E-state index contributed by atoms with van der Waals surface area (Å²) in [5.74, 6) is -0.107. The lowest BCUT2D eigenvalue weighted by Gasteiger charge is -2.04. The number of hydrogen-bond donors (Lipinski definition) is 2. The normalized spacial score (nSPS) is 18.9. The Morgan fingerprint density at radius 3 is 2.69 bits per heavy atom. The lowest BCUT2D eigenvalue weighted by Crippen LogP contribution is -2.31. The maximum atomic E-state index is 11.1. The lowest BCUT2D eigenvalue weighted by molar-refractivity contribution is -0.123. The quantitative estimate of drug-likeness (QED) is 0.701.